The molecule has 2 fully saturated rings. The van der Waals surface area contributed by atoms with Crippen molar-refractivity contribution in [2.75, 3.05) is 20.1 Å². The Balaban J connectivity index is 1.66. The van der Waals surface area contributed by atoms with E-state index in [4.69, 9.17) is 0 Å². The molecule has 0 N–H and O–H groups in total. The van der Waals surface area contributed by atoms with Crippen molar-refractivity contribution in [1.82, 2.24) is 9.80 Å². The summed E-state index contributed by atoms with van der Waals surface area (Å²) in [5, 5.41) is 0. The van der Waals surface area contributed by atoms with Crippen molar-refractivity contribution in [3.05, 3.63) is 59.3 Å². The highest BCUT2D eigenvalue weighted by atomic mass is 19.1. The quantitative estimate of drug-likeness (QED) is 0.571. The van der Waals surface area contributed by atoms with E-state index in [0.29, 0.717) is 18.5 Å². The second-order valence-electron chi connectivity index (χ2n) is 8.33. The minimum atomic E-state index is -0.604. The van der Waals surface area contributed by atoms with Gasteiger partial charge in [0.05, 0.1) is 6.04 Å². The Kier molecular flexibility index (Phi) is 6.53. The molecule has 1 heterocycles. The molecule has 1 aliphatic heterocycles. The largest absolute Gasteiger partial charge is 0.380 e. The van der Waals surface area contributed by atoms with Gasteiger partial charge in [0.15, 0.2) is 0 Å². The molecule has 2 aliphatic rings. The zero-order valence-corrected chi connectivity index (χ0v) is 16.9. The van der Waals surface area contributed by atoms with Gasteiger partial charge in [-0.2, -0.15) is 0 Å². The number of carbonyl (C=O) groups excluding carboxylic acids is 1. The van der Waals surface area contributed by atoms with Crippen LogP contribution in [0.25, 0.3) is 0 Å². The van der Waals surface area contributed by atoms with Crippen LogP contribution in [0.2, 0.25) is 0 Å². The van der Waals surface area contributed by atoms with Gasteiger partial charge in [-0.25, -0.2) is 8.78 Å². The molecular weight excluding hydrogens is 358 g/mol. The molecule has 2 atom stereocenters. The highest BCUT2D eigenvalue weighted by Gasteiger charge is 2.36. The number of hydrogen-bond donors (Lipinski definition) is 0. The third-order valence-electron chi connectivity index (χ3n) is 5.51. The van der Waals surface area contributed by atoms with Crippen LogP contribution in [0.15, 0.2) is 42.1 Å². The number of allylic oxidation sites excluding steroid dienone is 1. The van der Waals surface area contributed by atoms with E-state index in [0.717, 1.165) is 37.4 Å². The first-order valence-corrected chi connectivity index (χ1v) is 10.1. The molecule has 0 radical (unpaired) electrons. The van der Waals surface area contributed by atoms with E-state index in [1.54, 1.807) is 4.90 Å². The molecule has 0 aromatic heterocycles. The van der Waals surface area contributed by atoms with Gasteiger partial charge in [0.2, 0.25) is 5.91 Å². The summed E-state index contributed by atoms with van der Waals surface area (Å²) >= 11 is 0. The fourth-order valence-electron chi connectivity index (χ4n) is 4.05. The Morgan fingerprint density at radius 2 is 1.93 bits per heavy atom. The lowest BCUT2D eigenvalue weighted by molar-refractivity contribution is -0.141. The Labute approximate surface area is 166 Å². The number of rotatable bonds is 8. The van der Waals surface area contributed by atoms with E-state index in [-0.39, 0.29) is 17.9 Å². The number of benzene rings is 1. The molecule has 152 valence electrons. The number of piperidine rings is 1. The topological polar surface area (TPSA) is 23.6 Å². The molecule has 5 heteroatoms. The Morgan fingerprint density at radius 3 is 2.54 bits per heavy atom. The van der Waals surface area contributed by atoms with Gasteiger partial charge in [0, 0.05) is 32.1 Å². The van der Waals surface area contributed by atoms with E-state index in [2.05, 4.69) is 24.7 Å². The predicted octanol–water partition coefficient (Wildman–Crippen LogP) is 5.21. The second-order valence-corrected chi connectivity index (χ2v) is 8.33. The molecule has 1 amide bonds. The maximum atomic E-state index is 13.7. The van der Waals surface area contributed by atoms with Crippen LogP contribution in [0.3, 0.4) is 0 Å². The summed E-state index contributed by atoms with van der Waals surface area (Å²) in [6.07, 6.45) is 7.89. The highest BCUT2D eigenvalue weighted by Crippen LogP contribution is 2.37. The van der Waals surface area contributed by atoms with Crippen molar-refractivity contribution in [3.8, 4) is 0 Å². The van der Waals surface area contributed by atoms with Gasteiger partial charge in [-0.3, -0.25) is 4.79 Å². The van der Waals surface area contributed by atoms with E-state index in [9.17, 15) is 13.6 Å². The second kappa shape index (κ2) is 8.89. The molecule has 1 aliphatic carbocycles. The zero-order chi connectivity index (χ0) is 20.3. The number of likely N-dealkylation sites (tertiary alicyclic amines) is 1. The summed E-state index contributed by atoms with van der Waals surface area (Å²) < 4.78 is 27.4. The van der Waals surface area contributed by atoms with Crippen LogP contribution in [-0.4, -0.2) is 35.8 Å². The molecule has 0 spiro atoms. The number of hydrogen-bond acceptors (Lipinski definition) is 2. The van der Waals surface area contributed by atoms with Crippen molar-refractivity contribution in [2.24, 2.45) is 5.92 Å². The number of halogens is 2. The first-order chi connectivity index (χ1) is 13.3. The van der Waals surface area contributed by atoms with Crippen LogP contribution >= 0.6 is 0 Å². The Hall–Kier alpha value is -2.17. The van der Waals surface area contributed by atoms with E-state index < -0.39 is 11.6 Å². The van der Waals surface area contributed by atoms with Crippen molar-refractivity contribution in [3.63, 3.8) is 0 Å². The molecule has 3 rings (SSSR count). The summed E-state index contributed by atoms with van der Waals surface area (Å²) in [5.74, 6) is -1.16. The fourth-order valence-corrected chi connectivity index (χ4v) is 4.05. The third-order valence-corrected chi connectivity index (χ3v) is 5.51. The first-order valence-electron chi connectivity index (χ1n) is 10.1. The van der Waals surface area contributed by atoms with E-state index >= 15 is 0 Å². The lowest BCUT2D eigenvalue weighted by Crippen LogP contribution is -2.44. The Morgan fingerprint density at radius 1 is 1.25 bits per heavy atom. The van der Waals surface area contributed by atoms with Gasteiger partial charge in [-0.1, -0.05) is 17.7 Å². The number of carbonyl (C=O) groups is 1. The molecule has 28 heavy (non-hydrogen) atoms. The van der Waals surface area contributed by atoms with E-state index in [1.807, 2.05) is 6.92 Å². The lowest BCUT2D eigenvalue weighted by atomic mass is 9.85. The smallest absolute Gasteiger partial charge is 0.226 e. The third kappa shape index (κ3) is 5.43. The van der Waals surface area contributed by atoms with Crippen molar-refractivity contribution in [1.29, 1.82) is 0 Å². The minimum absolute atomic E-state index is 0.0315. The number of amides is 1. The fraction of sp³-hybridized carbons (Fsp3) is 0.522. The molecule has 3 nitrogen and oxygen atoms in total. The average Bonchev–Trinajstić information content (AvgIpc) is 3.40. The van der Waals surface area contributed by atoms with Crippen LogP contribution in [0, 0.1) is 17.6 Å². The zero-order valence-electron chi connectivity index (χ0n) is 16.9. The maximum Gasteiger partial charge on any atom is 0.226 e. The van der Waals surface area contributed by atoms with Gasteiger partial charge >= 0.3 is 0 Å². The van der Waals surface area contributed by atoms with Gasteiger partial charge in [0.25, 0.3) is 0 Å². The molecule has 1 saturated heterocycles. The van der Waals surface area contributed by atoms with Crippen LogP contribution in [-0.2, 0) is 4.79 Å². The maximum absolute atomic E-state index is 13.7. The first kappa shape index (κ1) is 20.6. The molecular formula is C23H30F2N2O. The summed E-state index contributed by atoms with van der Waals surface area (Å²) in [5.41, 5.74) is 2.89. The summed E-state index contributed by atoms with van der Waals surface area (Å²) in [6, 6.07) is 3.25. The monoisotopic (exact) mass is 388 g/mol. The molecule has 2 unspecified atom stereocenters. The number of nitrogens with zero attached hydrogens (tertiary/aromatic N) is 2. The predicted molar refractivity (Wildman–Crippen MR) is 108 cm³/mol. The van der Waals surface area contributed by atoms with Gasteiger partial charge in [-0.05, 0) is 69.3 Å². The van der Waals surface area contributed by atoms with Gasteiger partial charge in [-0.15, -0.1) is 0 Å². The van der Waals surface area contributed by atoms with Crippen molar-refractivity contribution < 1.29 is 13.6 Å². The Bertz CT molecular complexity index is 748. The lowest BCUT2D eigenvalue weighted by Gasteiger charge is -2.40. The minimum Gasteiger partial charge on any atom is -0.380 e. The molecule has 1 saturated carbocycles. The van der Waals surface area contributed by atoms with Crippen LogP contribution < -0.4 is 0 Å². The molecule has 1 aromatic rings. The van der Waals surface area contributed by atoms with Crippen molar-refractivity contribution >= 4 is 5.91 Å². The summed E-state index contributed by atoms with van der Waals surface area (Å²) in [6.45, 7) is 7.17. The standard InChI is InChI=1S/C23H30F2N2O/c1-16(2)14-27-22(19-11-20(24)13-21(25)12-19)9-8-18(23(27)28)5-4-10-26(3)15-17-6-7-17/h11-13,15,18,22H,1,4-10,14H2,2-3H3. The normalized spacial score (nSPS) is 21.6. The van der Waals surface area contributed by atoms with Crippen LogP contribution in [0.4, 0.5) is 8.78 Å². The van der Waals surface area contributed by atoms with E-state index in [1.165, 1.54) is 30.5 Å². The molecule has 1 aromatic carbocycles. The van der Waals surface area contributed by atoms with Crippen molar-refractivity contribution in [2.45, 2.75) is 51.5 Å². The van der Waals surface area contributed by atoms with Crippen LogP contribution in [0.5, 0.6) is 0 Å². The highest BCUT2D eigenvalue weighted by molar-refractivity contribution is 5.80. The summed E-state index contributed by atoms with van der Waals surface area (Å²) in [7, 11) is 2.08. The van der Waals surface area contributed by atoms with Crippen LogP contribution in [0.1, 0.15) is 57.1 Å². The van der Waals surface area contributed by atoms with Gasteiger partial charge in [0.1, 0.15) is 11.6 Å². The summed E-state index contributed by atoms with van der Waals surface area (Å²) in [4.78, 5) is 17.1. The molecule has 0 bridgehead atoms. The average molecular weight is 389 g/mol. The SMILES string of the molecule is C=C(C)CN1C(=O)C(CCCN(C)C=C2CC2)CCC1c1cc(F)cc(F)c1. The van der Waals surface area contributed by atoms with Gasteiger partial charge < -0.3 is 9.80 Å².